The van der Waals surface area contributed by atoms with Gasteiger partial charge in [0.05, 0.1) is 12.3 Å². The highest BCUT2D eigenvalue weighted by atomic mass is 35.5. The Bertz CT molecular complexity index is 497. The van der Waals surface area contributed by atoms with Gasteiger partial charge in [0.2, 0.25) is 0 Å². The molecule has 96 valence electrons. The highest BCUT2D eigenvalue weighted by Gasteiger charge is 2.33. The van der Waals surface area contributed by atoms with Crippen LogP contribution >= 0.6 is 11.6 Å². The normalized spacial score (nSPS) is 22.8. The Hall–Kier alpha value is -1.72. The van der Waals surface area contributed by atoms with Crippen LogP contribution in [0.3, 0.4) is 0 Å². The molecule has 1 aromatic rings. The Morgan fingerprint density at radius 2 is 2.06 bits per heavy atom. The van der Waals surface area contributed by atoms with E-state index in [0.29, 0.717) is 23.3 Å². The van der Waals surface area contributed by atoms with Crippen LogP contribution in [-0.4, -0.2) is 12.6 Å². The van der Waals surface area contributed by atoms with Crippen molar-refractivity contribution in [3.05, 3.63) is 46.7 Å². The number of benzene rings is 1. The third kappa shape index (κ3) is 2.27. The molecule has 0 fully saturated rings. The van der Waals surface area contributed by atoms with Crippen LogP contribution in [0.5, 0.6) is 0 Å². The van der Waals surface area contributed by atoms with E-state index in [1.807, 2.05) is 6.92 Å². The number of halogens is 1. The Balaban J connectivity index is 2.40. The summed E-state index contributed by atoms with van der Waals surface area (Å²) in [7, 11) is 0. The molecule has 0 amide bonds. The minimum absolute atomic E-state index is 0.351. The van der Waals surface area contributed by atoms with Gasteiger partial charge in [-0.25, -0.2) is 4.99 Å². The number of amidine groups is 1. The van der Waals surface area contributed by atoms with Crippen molar-refractivity contribution in [1.29, 1.82) is 0 Å². The number of nitrogens with one attached hydrogen (secondary N) is 1. The molecule has 0 aromatic heterocycles. The maximum Gasteiger partial charge on any atom is 0.291 e. The number of ether oxygens (including phenoxy) is 1. The Kier molecular flexibility index (Phi) is 3.45. The smallest absolute Gasteiger partial charge is 0.291 e. The zero-order chi connectivity index (χ0) is 13.2. The average molecular weight is 267 g/mol. The number of aliphatic imine (C=N–C) groups is 1. The third-order valence-corrected chi connectivity index (χ3v) is 2.89. The van der Waals surface area contributed by atoms with Gasteiger partial charge in [-0.05, 0) is 19.1 Å². The molecule has 18 heavy (non-hydrogen) atoms. The third-order valence-electron chi connectivity index (χ3n) is 2.63. The predicted molar refractivity (Wildman–Crippen MR) is 71.8 cm³/mol. The van der Waals surface area contributed by atoms with Gasteiger partial charge in [-0.2, -0.15) is 0 Å². The minimum atomic E-state index is -1.12. The maximum absolute atomic E-state index is 6.25. The molecule has 0 spiro atoms. The van der Waals surface area contributed by atoms with Gasteiger partial charge in [0.25, 0.3) is 6.02 Å². The van der Waals surface area contributed by atoms with Crippen molar-refractivity contribution in [2.75, 3.05) is 6.61 Å². The van der Waals surface area contributed by atoms with E-state index in [9.17, 15) is 0 Å². The molecule has 1 atom stereocenters. The molecule has 1 aliphatic rings. The summed E-state index contributed by atoms with van der Waals surface area (Å²) in [5.74, 6) is 0. The Labute approximate surface area is 110 Å². The lowest BCUT2D eigenvalue weighted by Gasteiger charge is -2.30. The lowest BCUT2D eigenvalue weighted by Crippen LogP contribution is -2.46. The summed E-state index contributed by atoms with van der Waals surface area (Å²) in [5, 5.41) is 3.47. The van der Waals surface area contributed by atoms with E-state index < -0.39 is 5.66 Å². The largest absolute Gasteiger partial charge is 0.465 e. The Morgan fingerprint density at radius 3 is 2.67 bits per heavy atom. The molecule has 5 nitrogen and oxygen atoms in total. The van der Waals surface area contributed by atoms with Gasteiger partial charge in [0.1, 0.15) is 0 Å². The zero-order valence-electron chi connectivity index (χ0n) is 9.98. The van der Waals surface area contributed by atoms with Crippen LogP contribution < -0.4 is 16.8 Å². The molecule has 5 N–H and O–H groups in total. The predicted octanol–water partition coefficient (Wildman–Crippen LogP) is 1.25. The second-order valence-corrected chi connectivity index (χ2v) is 4.30. The standard InChI is InChI=1S/C12H15ClN4O/c1-2-18-11-16-7-10(14)12(15,17-11)8-3-5-9(13)6-4-8/h3-7H,2,14-15H2,1H3,(H,16,17). The van der Waals surface area contributed by atoms with E-state index in [2.05, 4.69) is 10.3 Å². The van der Waals surface area contributed by atoms with E-state index in [-0.39, 0.29) is 0 Å². The summed E-state index contributed by atoms with van der Waals surface area (Å²) in [6, 6.07) is 7.43. The van der Waals surface area contributed by atoms with Crippen molar-refractivity contribution in [2.24, 2.45) is 16.5 Å². The van der Waals surface area contributed by atoms with E-state index in [1.165, 1.54) is 0 Å². The molecule has 1 unspecified atom stereocenters. The molecule has 0 saturated heterocycles. The first-order valence-corrected chi connectivity index (χ1v) is 5.94. The zero-order valence-corrected chi connectivity index (χ0v) is 10.7. The molecule has 0 radical (unpaired) electrons. The van der Waals surface area contributed by atoms with Crippen LogP contribution in [-0.2, 0) is 10.4 Å². The first-order valence-electron chi connectivity index (χ1n) is 5.56. The van der Waals surface area contributed by atoms with Crippen LogP contribution in [0.1, 0.15) is 12.5 Å². The quantitative estimate of drug-likeness (QED) is 0.752. The summed E-state index contributed by atoms with van der Waals surface area (Å²) < 4.78 is 5.30. The molecule has 1 aliphatic heterocycles. The van der Waals surface area contributed by atoms with Crippen molar-refractivity contribution in [1.82, 2.24) is 5.32 Å². The summed E-state index contributed by atoms with van der Waals surface area (Å²) >= 11 is 5.85. The maximum atomic E-state index is 6.25. The van der Waals surface area contributed by atoms with E-state index >= 15 is 0 Å². The fraction of sp³-hybridized carbons (Fsp3) is 0.250. The van der Waals surface area contributed by atoms with Gasteiger partial charge in [-0.15, -0.1) is 0 Å². The van der Waals surface area contributed by atoms with E-state index in [1.54, 1.807) is 30.5 Å². The molecule has 0 bridgehead atoms. The lowest BCUT2D eigenvalue weighted by atomic mass is 9.97. The second-order valence-electron chi connectivity index (χ2n) is 3.87. The van der Waals surface area contributed by atoms with Crippen molar-refractivity contribution in [2.45, 2.75) is 12.6 Å². The van der Waals surface area contributed by atoms with Crippen molar-refractivity contribution in [3.8, 4) is 0 Å². The average Bonchev–Trinajstić information content (AvgIpc) is 2.35. The van der Waals surface area contributed by atoms with E-state index in [0.717, 1.165) is 5.56 Å². The van der Waals surface area contributed by atoms with Gasteiger partial charge in [-0.1, -0.05) is 23.7 Å². The first kappa shape index (κ1) is 12.7. The number of nitrogens with two attached hydrogens (primary N) is 2. The van der Waals surface area contributed by atoms with Gasteiger partial charge in [0, 0.05) is 16.8 Å². The van der Waals surface area contributed by atoms with Gasteiger partial charge >= 0.3 is 0 Å². The molecular weight excluding hydrogens is 252 g/mol. The van der Waals surface area contributed by atoms with E-state index in [4.69, 9.17) is 27.8 Å². The SMILES string of the molecule is CCOC1=NC(N)(c2ccc(Cl)cc2)C(N)=CN1. The molecule has 1 heterocycles. The van der Waals surface area contributed by atoms with Crippen molar-refractivity contribution < 1.29 is 4.74 Å². The molecule has 2 rings (SSSR count). The summed E-state index contributed by atoms with van der Waals surface area (Å²) in [6.45, 7) is 2.36. The van der Waals surface area contributed by atoms with Crippen LogP contribution in [0.25, 0.3) is 0 Å². The van der Waals surface area contributed by atoms with Gasteiger partial charge in [-0.3, -0.25) is 5.73 Å². The van der Waals surface area contributed by atoms with Gasteiger partial charge in [0.15, 0.2) is 5.66 Å². The highest BCUT2D eigenvalue weighted by molar-refractivity contribution is 6.30. The summed E-state index contributed by atoms with van der Waals surface area (Å²) in [4.78, 5) is 4.31. The molecule has 0 saturated carbocycles. The molecule has 0 aliphatic carbocycles. The van der Waals surface area contributed by atoms with Crippen LogP contribution in [0, 0.1) is 0 Å². The first-order chi connectivity index (χ1) is 8.56. The Morgan fingerprint density at radius 1 is 1.39 bits per heavy atom. The summed E-state index contributed by atoms with van der Waals surface area (Å²) in [5.41, 5.74) is 12.2. The number of hydrogen-bond acceptors (Lipinski definition) is 5. The minimum Gasteiger partial charge on any atom is -0.465 e. The topological polar surface area (TPSA) is 85.7 Å². The second kappa shape index (κ2) is 4.88. The number of rotatable bonds is 2. The van der Waals surface area contributed by atoms with Crippen LogP contribution in [0.15, 0.2) is 41.2 Å². The fourth-order valence-electron chi connectivity index (χ4n) is 1.65. The molecule has 1 aromatic carbocycles. The van der Waals surface area contributed by atoms with Crippen LogP contribution in [0.4, 0.5) is 0 Å². The monoisotopic (exact) mass is 266 g/mol. The lowest BCUT2D eigenvalue weighted by molar-refractivity contribution is 0.302. The fourth-order valence-corrected chi connectivity index (χ4v) is 1.78. The summed E-state index contributed by atoms with van der Waals surface area (Å²) in [6.07, 6.45) is 1.59. The molecular formula is C12H15ClN4O. The van der Waals surface area contributed by atoms with Gasteiger partial charge < -0.3 is 15.8 Å². The molecule has 6 heteroatoms. The van der Waals surface area contributed by atoms with Crippen LogP contribution in [0.2, 0.25) is 5.02 Å². The number of nitrogens with zero attached hydrogens (tertiary/aromatic N) is 1. The highest BCUT2D eigenvalue weighted by Crippen LogP contribution is 2.28. The van der Waals surface area contributed by atoms with Crippen molar-refractivity contribution in [3.63, 3.8) is 0 Å². The van der Waals surface area contributed by atoms with Crippen molar-refractivity contribution >= 4 is 17.6 Å². The number of hydrogen-bond donors (Lipinski definition) is 3.